The second kappa shape index (κ2) is 22.8. The lowest BCUT2D eigenvalue weighted by Crippen LogP contribution is -2.57. The molecule has 0 radical (unpaired) electrons. The summed E-state index contributed by atoms with van der Waals surface area (Å²) in [5, 5.41) is 7.74. The Morgan fingerprint density at radius 1 is 0.893 bits per heavy atom. The highest BCUT2D eigenvalue weighted by Gasteiger charge is 2.43. The molecule has 7 amide bonds. The van der Waals surface area contributed by atoms with Crippen molar-refractivity contribution >= 4 is 47.7 Å². The largest absolute Gasteiger partial charge is 0.464 e. The Balaban J connectivity index is 0.000000325. The van der Waals surface area contributed by atoms with E-state index in [9.17, 15) is 33.6 Å². The molecular formula is C40H58N8O8. The standard InChI is InChI=1S/C24H39N5O6.C9H11N3O2.C7H8/c1-15(2)26-22(32)18-6-4-5-8-28(18)23(33)19-11-17(25)13-29(19)21(31)7-9-35-24(34)20-10-16(3)12-27(20)14-30;10-8(13)6-11-9(14)12-7-4-2-1-3-5-7;1-7-5-3-2-4-6-7/h14-20H,4-13,25H2,1-3H3,(H,26,32);1-5H,6H2,(H2,10,13)(H2,11,12,14);2-6H,1H3. The molecule has 3 aliphatic rings. The molecule has 7 N–H and O–H groups in total. The van der Waals surface area contributed by atoms with Gasteiger partial charge in [0.25, 0.3) is 0 Å². The van der Waals surface area contributed by atoms with Crippen molar-refractivity contribution in [1.29, 1.82) is 0 Å². The minimum Gasteiger partial charge on any atom is -0.464 e. The summed E-state index contributed by atoms with van der Waals surface area (Å²) in [7, 11) is 0. The lowest BCUT2D eigenvalue weighted by atomic mass is 9.99. The highest BCUT2D eigenvalue weighted by molar-refractivity contribution is 5.93. The number of ether oxygens (including phenoxy) is 1. The van der Waals surface area contributed by atoms with Gasteiger partial charge in [0.05, 0.1) is 13.0 Å². The van der Waals surface area contributed by atoms with Gasteiger partial charge in [0.2, 0.25) is 30.0 Å². The summed E-state index contributed by atoms with van der Waals surface area (Å²) in [6, 6.07) is 16.4. The second-order valence-corrected chi connectivity index (χ2v) is 14.6. The molecule has 3 heterocycles. The average molecular weight is 779 g/mol. The molecule has 2 aromatic carbocycles. The highest BCUT2D eigenvalue weighted by Crippen LogP contribution is 2.26. The number of para-hydroxylation sites is 1. The Morgan fingerprint density at radius 2 is 1.55 bits per heavy atom. The molecule has 306 valence electrons. The Labute approximate surface area is 329 Å². The number of carbonyl (C=O) groups excluding carboxylic acids is 7. The van der Waals surface area contributed by atoms with Crippen LogP contribution in [0.4, 0.5) is 10.5 Å². The molecule has 0 aliphatic carbocycles. The summed E-state index contributed by atoms with van der Waals surface area (Å²) in [5.74, 6) is -1.64. The monoisotopic (exact) mass is 778 g/mol. The number of hydrogen-bond donors (Lipinski definition) is 5. The van der Waals surface area contributed by atoms with Gasteiger partial charge >= 0.3 is 12.0 Å². The van der Waals surface area contributed by atoms with Crippen LogP contribution in [0.25, 0.3) is 0 Å². The van der Waals surface area contributed by atoms with Crippen molar-refractivity contribution in [1.82, 2.24) is 25.3 Å². The van der Waals surface area contributed by atoms with E-state index in [0.717, 1.165) is 12.8 Å². The van der Waals surface area contributed by atoms with Crippen LogP contribution in [0, 0.1) is 12.8 Å². The van der Waals surface area contributed by atoms with Crippen LogP contribution in [0.5, 0.6) is 0 Å². The van der Waals surface area contributed by atoms with Gasteiger partial charge < -0.3 is 46.9 Å². The minimum absolute atomic E-state index is 0.0341. The third-order valence-electron chi connectivity index (χ3n) is 9.37. The number of nitrogens with two attached hydrogens (primary N) is 2. The van der Waals surface area contributed by atoms with Crippen LogP contribution in [0.3, 0.4) is 0 Å². The molecule has 16 nitrogen and oxygen atoms in total. The number of nitrogens with zero attached hydrogens (tertiary/aromatic N) is 3. The van der Waals surface area contributed by atoms with E-state index in [-0.39, 0.29) is 61.8 Å². The zero-order chi connectivity index (χ0) is 41.2. The van der Waals surface area contributed by atoms with E-state index < -0.39 is 36.0 Å². The van der Waals surface area contributed by atoms with E-state index in [1.54, 1.807) is 29.2 Å². The lowest BCUT2D eigenvalue weighted by molar-refractivity contribution is -0.153. The van der Waals surface area contributed by atoms with E-state index in [1.165, 1.54) is 15.4 Å². The molecule has 0 aromatic heterocycles. The number of benzene rings is 2. The van der Waals surface area contributed by atoms with E-state index in [2.05, 4.69) is 35.0 Å². The molecule has 3 aliphatic heterocycles. The zero-order valence-corrected chi connectivity index (χ0v) is 32.9. The Morgan fingerprint density at radius 3 is 2.14 bits per heavy atom. The summed E-state index contributed by atoms with van der Waals surface area (Å²) >= 11 is 0. The third kappa shape index (κ3) is 14.6. The number of esters is 1. The maximum absolute atomic E-state index is 13.5. The van der Waals surface area contributed by atoms with Crippen LogP contribution >= 0.6 is 0 Å². The zero-order valence-electron chi connectivity index (χ0n) is 32.9. The van der Waals surface area contributed by atoms with Crippen LogP contribution in [0.1, 0.15) is 64.9 Å². The van der Waals surface area contributed by atoms with Crippen LogP contribution < -0.4 is 27.4 Å². The van der Waals surface area contributed by atoms with Gasteiger partial charge in [-0.1, -0.05) is 61.0 Å². The molecule has 5 atom stereocenters. The molecule has 0 bridgehead atoms. The molecule has 3 saturated heterocycles. The normalized spacial score (nSPS) is 21.4. The molecule has 0 spiro atoms. The maximum atomic E-state index is 13.5. The van der Waals surface area contributed by atoms with Gasteiger partial charge in [0.15, 0.2) is 0 Å². The predicted octanol–water partition coefficient (Wildman–Crippen LogP) is 1.91. The summed E-state index contributed by atoms with van der Waals surface area (Å²) in [5.41, 5.74) is 13.0. The number of piperidine rings is 1. The first-order valence-electron chi connectivity index (χ1n) is 19.1. The van der Waals surface area contributed by atoms with Crippen molar-refractivity contribution in [3.05, 3.63) is 66.2 Å². The molecule has 5 rings (SSSR count). The van der Waals surface area contributed by atoms with Crippen LogP contribution in [-0.4, -0.2) is 120 Å². The van der Waals surface area contributed by atoms with Gasteiger partial charge in [-0.15, -0.1) is 0 Å². The van der Waals surface area contributed by atoms with Crippen molar-refractivity contribution in [2.24, 2.45) is 17.4 Å². The first kappa shape index (κ1) is 44.9. The Kier molecular flexibility index (Phi) is 18.2. The van der Waals surface area contributed by atoms with Gasteiger partial charge in [0.1, 0.15) is 24.7 Å². The van der Waals surface area contributed by atoms with Crippen molar-refractivity contribution in [3.63, 3.8) is 0 Å². The Bertz CT molecular complexity index is 1610. The van der Waals surface area contributed by atoms with Crippen LogP contribution in [-0.2, 0) is 33.5 Å². The fourth-order valence-corrected chi connectivity index (χ4v) is 6.72. The van der Waals surface area contributed by atoms with Gasteiger partial charge in [-0.2, -0.15) is 0 Å². The number of aryl methyl sites for hydroxylation is 1. The SMILES string of the molecule is CC1CC(C(=O)OCCC(=O)N2CC(N)CC2C(=O)N2CCCCC2C(=O)NC(C)C)N(C=O)C1.Cc1ccccc1.NC(=O)CNC(=O)Nc1ccccc1. The number of carbonyl (C=O) groups is 7. The van der Waals surface area contributed by atoms with Crippen molar-refractivity contribution in [2.45, 2.75) is 96.4 Å². The van der Waals surface area contributed by atoms with Crippen LogP contribution in [0.2, 0.25) is 0 Å². The molecular weight excluding hydrogens is 720 g/mol. The van der Waals surface area contributed by atoms with Crippen molar-refractivity contribution in [2.75, 3.05) is 38.1 Å². The number of hydrogen-bond acceptors (Lipinski definition) is 9. The predicted molar refractivity (Wildman–Crippen MR) is 210 cm³/mol. The van der Waals surface area contributed by atoms with Crippen molar-refractivity contribution in [3.8, 4) is 0 Å². The van der Waals surface area contributed by atoms with Gasteiger partial charge in [0, 0.05) is 37.4 Å². The maximum Gasteiger partial charge on any atom is 0.328 e. The second-order valence-electron chi connectivity index (χ2n) is 14.6. The van der Waals surface area contributed by atoms with Crippen molar-refractivity contribution < 1.29 is 38.3 Å². The van der Waals surface area contributed by atoms with E-state index >= 15 is 0 Å². The number of rotatable bonds is 11. The third-order valence-corrected chi connectivity index (χ3v) is 9.37. The summed E-state index contributed by atoms with van der Waals surface area (Å²) in [4.78, 5) is 88.7. The molecule has 3 fully saturated rings. The topological polar surface area (TPSA) is 227 Å². The van der Waals surface area contributed by atoms with E-state index in [0.29, 0.717) is 44.4 Å². The first-order valence-corrected chi connectivity index (χ1v) is 19.1. The minimum atomic E-state index is -0.734. The fraction of sp³-hybridized carbons (Fsp3) is 0.525. The first-order chi connectivity index (χ1) is 26.7. The number of primary amides is 1. The van der Waals surface area contributed by atoms with Gasteiger partial charge in [-0.05, 0) is 70.9 Å². The number of amides is 7. The van der Waals surface area contributed by atoms with E-state index in [1.807, 2.05) is 45.0 Å². The fourth-order valence-electron chi connectivity index (χ4n) is 6.72. The lowest BCUT2D eigenvalue weighted by Gasteiger charge is -2.38. The summed E-state index contributed by atoms with van der Waals surface area (Å²) in [6.45, 7) is 8.70. The number of anilines is 1. The molecule has 5 unspecified atom stereocenters. The smallest absolute Gasteiger partial charge is 0.328 e. The number of likely N-dealkylation sites (tertiary alicyclic amines) is 3. The van der Waals surface area contributed by atoms with Gasteiger partial charge in [-0.25, -0.2) is 9.59 Å². The van der Waals surface area contributed by atoms with Crippen LogP contribution in [0.15, 0.2) is 60.7 Å². The molecule has 0 saturated carbocycles. The molecule has 2 aromatic rings. The summed E-state index contributed by atoms with van der Waals surface area (Å²) < 4.78 is 5.29. The number of urea groups is 1. The van der Waals surface area contributed by atoms with Gasteiger partial charge in [-0.3, -0.25) is 24.0 Å². The Hall–Kier alpha value is -5.51. The van der Waals surface area contributed by atoms with E-state index in [4.69, 9.17) is 16.2 Å². The molecule has 56 heavy (non-hydrogen) atoms. The number of nitrogens with one attached hydrogen (secondary N) is 3. The quantitative estimate of drug-likeness (QED) is 0.166. The summed E-state index contributed by atoms with van der Waals surface area (Å²) in [6.07, 6.45) is 3.68. The average Bonchev–Trinajstić information content (AvgIpc) is 3.76. The highest BCUT2D eigenvalue weighted by atomic mass is 16.5. The molecule has 16 heteroatoms.